The molecule has 16 heavy (non-hydrogen) atoms. The summed E-state index contributed by atoms with van der Waals surface area (Å²) in [6.07, 6.45) is 3.65. The average molecular weight is 244 g/mol. The summed E-state index contributed by atoms with van der Waals surface area (Å²) in [6.45, 7) is 0. The number of benzene rings is 1. The van der Waals surface area contributed by atoms with E-state index in [2.05, 4.69) is 0 Å². The normalized spacial score (nSPS) is 17.2. The van der Waals surface area contributed by atoms with Gasteiger partial charge in [0.15, 0.2) is 0 Å². The van der Waals surface area contributed by atoms with Gasteiger partial charge in [0.25, 0.3) is 0 Å². The van der Waals surface area contributed by atoms with Crippen LogP contribution in [0.25, 0.3) is 0 Å². The van der Waals surface area contributed by atoms with Gasteiger partial charge in [0.2, 0.25) is 0 Å². The maximum Gasteiger partial charge on any atom is 0.145 e. The first-order chi connectivity index (χ1) is 7.54. The Labute approximate surface area is 99.5 Å². The Morgan fingerprint density at radius 3 is 2.75 bits per heavy atom. The van der Waals surface area contributed by atoms with Gasteiger partial charge in [-0.2, -0.15) is 0 Å². The van der Waals surface area contributed by atoms with Gasteiger partial charge in [-0.15, -0.1) is 0 Å². The first-order valence-corrected chi connectivity index (χ1v) is 5.73. The molecule has 0 unspecified atom stereocenters. The second-order valence-corrected chi connectivity index (χ2v) is 4.82. The number of hydrogen-bond donors (Lipinski definition) is 1. The van der Waals surface area contributed by atoms with E-state index < -0.39 is 5.82 Å². The number of rotatable bonds is 4. The monoisotopic (exact) mass is 243 g/mol. The van der Waals surface area contributed by atoms with Gasteiger partial charge in [0.1, 0.15) is 11.6 Å². The fourth-order valence-corrected chi connectivity index (χ4v) is 1.92. The number of halogens is 2. The zero-order valence-electron chi connectivity index (χ0n) is 9.22. The van der Waals surface area contributed by atoms with Crippen LogP contribution in [0.5, 0.6) is 5.75 Å². The highest BCUT2D eigenvalue weighted by atomic mass is 35.5. The average Bonchev–Trinajstić information content (AvgIpc) is 2.99. The lowest BCUT2D eigenvalue weighted by molar-refractivity contribution is 0.410. The van der Waals surface area contributed by atoms with Crippen LogP contribution in [0.1, 0.15) is 24.8 Å². The third-order valence-corrected chi connectivity index (χ3v) is 3.52. The Hall–Kier alpha value is -0.800. The van der Waals surface area contributed by atoms with Crippen molar-refractivity contribution in [3.63, 3.8) is 0 Å². The van der Waals surface area contributed by atoms with Gasteiger partial charge in [-0.25, -0.2) is 4.39 Å². The van der Waals surface area contributed by atoms with Gasteiger partial charge in [-0.05, 0) is 37.3 Å². The van der Waals surface area contributed by atoms with Crippen LogP contribution in [0.15, 0.2) is 12.1 Å². The second-order valence-electron chi connectivity index (χ2n) is 4.44. The lowest BCUT2D eigenvalue weighted by Crippen LogP contribution is -2.22. The topological polar surface area (TPSA) is 35.2 Å². The van der Waals surface area contributed by atoms with E-state index in [-0.39, 0.29) is 10.6 Å². The highest BCUT2D eigenvalue weighted by Gasteiger charge is 2.37. The zero-order chi connectivity index (χ0) is 11.8. The minimum absolute atomic E-state index is 0.0388. The first-order valence-electron chi connectivity index (χ1n) is 5.35. The van der Waals surface area contributed by atoms with Crippen LogP contribution in [-0.2, 0) is 6.42 Å². The Bertz CT molecular complexity index is 404. The van der Waals surface area contributed by atoms with Crippen molar-refractivity contribution in [2.45, 2.75) is 31.2 Å². The molecule has 0 saturated heterocycles. The van der Waals surface area contributed by atoms with Crippen molar-refractivity contribution in [1.82, 2.24) is 0 Å². The van der Waals surface area contributed by atoms with E-state index in [4.69, 9.17) is 22.1 Å². The molecule has 0 amide bonds. The van der Waals surface area contributed by atoms with Gasteiger partial charge < -0.3 is 10.5 Å². The largest absolute Gasteiger partial charge is 0.497 e. The molecule has 1 aliphatic rings. The van der Waals surface area contributed by atoms with Crippen LogP contribution >= 0.6 is 11.6 Å². The van der Waals surface area contributed by atoms with E-state index in [1.54, 1.807) is 6.07 Å². The summed E-state index contributed by atoms with van der Waals surface area (Å²) in [5.41, 5.74) is 6.72. The van der Waals surface area contributed by atoms with Crippen molar-refractivity contribution < 1.29 is 9.13 Å². The number of ether oxygens (including phenoxy) is 1. The van der Waals surface area contributed by atoms with Crippen LogP contribution in [0.2, 0.25) is 5.02 Å². The van der Waals surface area contributed by atoms with Crippen molar-refractivity contribution in [1.29, 1.82) is 0 Å². The standard InChI is InChI=1S/C12H15ClFNO/c1-16-9-6-8(11(13)10(14)7-9)2-3-12(15)4-5-12/h6-7H,2-5,15H2,1H3. The summed E-state index contributed by atoms with van der Waals surface area (Å²) in [5.74, 6) is 0.0663. The quantitative estimate of drug-likeness (QED) is 0.883. The third-order valence-electron chi connectivity index (χ3n) is 3.10. The van der Waals surface area contributed by atoms with E-state index in [0.717, 1.165) is 24.8 Å². The van der Waals surface area contributed by atoms with E-state index in [9.17, 15) is 4.39 Å². The molecule has 0 atom stereocenters. The minimum Gasteiger partial charge on any atom is -0.497 e. The Balaban J connectivity index is 2.15. The minimum atomic E-state index is -0.433. The maximum absolute atomic E-state index is 13.4. The molecule has 2 rings (SSSR count). The summed E-state index contributed by atoms with van der Waals surface area (Å²) in [5, 5.41) is 0.185. The fourth-order valence-electron chi connectivity index (χ4n) is 1.71. The summed E-state index contributed by atoms with van der Waals surface area (Å²) < 4.78 is 18.4. The summed E-state index contributed by atoms with van der Waals surface area (Å²) in [4.78, 5) is 0. The van der Waals surface area contributed by atoms with E-state index in [0.29, 0.717) is 12.2 Å². The summed E-state index contributed by atoms with van der Waals surface area (Å²) in [7, 11) is 1.51. The molecule has 0 radical (unpaired) electrons. The van der Waals surface area contributed by atoms with Gasteiger partial charge in [-0.3, -0.25) is 0 Å². The first kappa shape index (κ1) is 11.7. The molecule has 1 saturated carbocycles. The molecule has 2 N–H and O–H groups in total. The molecule has 0 aliphatic heterocycles. The van der Waals surface area contributed by atoms with Crippen molar-refractivity contribution in [2.24, 2.45) is 5.73 Å². The molecule has 1 aromatic rings. The number of hydrogen-bond acceptors (Lipinski definition) is 2. The number of methoxy groups -OCH3 is 1. The summed E-state index contributed by atoms with van der Waals surface area (Å²) >= 11 is 5.90. The molecule has 1 aliphatic carbocycles. The predicted molar refractivity (Wildman–Crippen MR) is 62.4 cm³/mol. The van der Waals surface area contributed by atoms with Gasteiger partial charge in [0, 0.05) is 11.6 Å². The fraction of sp³-hybridized carbons (Fsp3) is 0.500. The molecule has 0 heterocycles. The molecule has 4 heteroatoms. The summed E-state index contributed by atoms with van der Waals surface area (Å²) in [6, 6.07) is 3.07. The van der Waals surface area contributed by atoms with Crippen molar-refractivity contribution in [2.75, 3.05) is 7.11 Å². The highest BCUT2D eigenvalue weighted by Crippen LogP contribution is 2.38. The lowest BCUT2D eigenvalue weighted by atomic mass is 10.0. The zero-order valence-corrected chi connectivity index (χ0v) is 9.98. The molecule has 1 fully saturated rings. The Morgan fingerprint density at radius 1 is 1.50 bits per heavy atom. The second kappa shape index (κ2) is 4.22. The predicted octanol–water partition coefficient (Wildman–Crippen LogP) is 2.91. The van der Waals surface area contributed by atoms with Gasteiger partial charge >= 0.3 is 0 Å². The number of nitrogens with two attached hydrogens (primary N) is 1. The SMILES string of the molecule is COc1cc(F)c(Cl)c(CCC2(N)CC2)c1. The van der Waals surface area contributed by atoms with Crippen molar-refractivity contribution >= 4 is 11.6 Å². The van der Waals surface area contributed by atoms with Crippen LogP contribution < -0.4 is 10.5 Å². The molecule has 0 spiro atoms. The van der Waals surface area contributed by atoms with Crippen LogP contribution in [0, 0.1) is 5.82 Å². The smallest absolute Gasteiger partial charge is 0.145 e. The highest BCUT2D eigenvalue weighted by molar-refractivity contribution is 6.31. The molecule has 0 bridgehead atoms. The third kappa shape index (κ3) is 2.47. The Kier molecular flexibility index (Phi) is 3.08. The van der Waals surface area contributed by atoms with Gasteiger partial charge in [0.05, 0.1) is 12.1 Å². The van der Waals surface area contributed by atoms with Crippen molar-refractivity contribution in [3.8, 4) is 5.75 Å². The molecule has 2 nitrogen and oxygen atoms in total. The molecule has 1 aromatic carbocycles. The molecular weight excluding hydrogens is 229 g/mol. The number of aryl methyl sites for hydroxylation is 1. The van der Waals surface area contributed by atoms with E-state index in [1.165, 1.54) is 13.2 Å². The van der Waals surface area contributed by atoms with E-state index >= 15 is 0 Å². The molecule has 0 aromatic heterocycles. The van der Waals surface area contributed by atoms with Crippen LogP contribution in [-0.4, -0.2) is 12.6 Å². The molecular formula is C12H15ClFNO. The van der Waals surface area contributed by atoms with E-state index in [1.807, 2.05) is 0 Å². The Morgan fingerprint density at radius 2 is 2.19 bits per heavy atom. The maximum atomic E-state index is 13.4. The van der Waals surface area contributed by atoms with Crippen molar-refractivity contribution in [3.05, 3.63) is 28.5 Å². The molecule has 88 valence electrons. The van der Waals surface area contributed by atoms with Gasteiger partial charge in [-0.1, -0.05) is 11.6 Å². The lowest BCUT2D eigenvalue weighted by Gasteiger charge is -2.11. The van der Waals surface area contributed by atoms with Crippen LogP contribution in [0.4, 0.5) is 4.39 Å². The van der Waals surface area contributed by atoms with Crippen LogP contribution in [0.3, 0.4) is 0 Å².